The summed E-state index contributed by atoms with van der Waals surface area (Å²) < 4.78 is 51.0. The first-order chi connectivity index (χ1) is 15.1. The predicted octanol–water partition coefficient (Wildman–Crippen LogP) is 5.42. The molecule has 176 valence electrons. The maximum absolute atomic E-state index is 13.0. The average molecular weight is 454 g/mol. The highest BCUT2D eigenvalue weighted by atomic mass is 19.4. The van der Waals surface area contributed by atoms with Gasteiger partial charge in [-0.1, -0.05) is 25.1 Å². The maximum Gasteiger partial charge on any atom is 0.416 e. The SMILES string of the molecule is C[C@@H]1CC[C@H]2[C@@H](CCCc3cccc(C(F)(F)F)c3)C(=O)OC3O[C@]4(C)CC[C@@H]1[C@]32OO4. The van der Waals surface area contributed by atoms with Crippen molar-refractivity contribution in [3.05, 3.63) is 35.4 Å². The fourth-order valence-corrected chi connectivity index (χ4v) is 6.37. The predicted molar refractivity (Wildman–Crippen MR) is 107 cm³/mol. The molecule has 4 heterocycles. The largest absolute Gasteiger partial charge is 0.432 e. The molecule has 1 aromatic rings. The molecule has 1 unspecified atom stereocenters. The van der Waals surface area contributed by atoms with Crippen molar-refractivity contribution in [1.82, 2.24) is 0 Å². The van der Waals surface area contributed by atoms with Gasteiger partial charge in [0.05, 0.1) is 11.5 Å². The summed E-state index contributed by atoms with van der Waals surface area (Å²) in [5, 5.41) is 0. The molecule has 1 spiro atoms. The first-order valence-corrected chi connectivity index (χ1v) is 11.5. The first kappa shape index (κ1) is 22.2. The number of halogens is 3. The van der Waals surface area contributed by atoms with Gasteiger partial charge in [0.1, 0.15) is 0 Å². The van der Waals surface area contributed by atoms with Gasteiger partial charge >= 0.3 is 12.1 Å². The zero-order valence-electron chi connectivity index (χ0n) is 18.3. The van der Waals surface area contributed by atoms with Crippen molar-refractivity contribution in [1.29, 1.82) is 0 Å². The standard InChI is InChI=1S/C24H29F3O5/c1-14-9-10-19-17(8-4-6-15-5-3-7-16(13-15)24(25,26)27)20(28)29-21-23(19)18(14)11-12-22(2,30-21)31-32-23/h3,5,7,13-14,17-19,21H,4,6,8-12H2,1-2H3/t14-,17-,18+,19+,21?,22+,23-/m1/s1. The Morgan fingerprint density at radius 3 is 2.72 bits per heavy atom. The summed E-state index contributed by atoms with van der Waals surface area (Å²) in [7, 11) is 0. The Morgan fingerprint density at radius 1 is 1.12 bits per heavy atom. The molecule has 2 bridgehead atoms. The number of hydrogen-bond donors (Lipinski definition) is 0. The highest BCUT2D eigenvalue weighted by Gasteiger charge is 2.70. The lowest BCUT2D eigenvalue weighted by atomic mass is 9.57. The van der Waals surface area contributed by atoms with Gasteiger partial charge in [-0.05, 0) is 63.0 Å². The van der Waals surface area contributed by atoms with E-state index in [2.05, 4.69) is 6.92 Å². The van der Waals surface area contributed by atoms with Crippen LogP contribution >= 0.6 is 0 Å². The van der Waals surface area contributed by atoms with Gasteiger partial charge in [0.2, 0.25) is 12.1 Å². The molecule has 4 saturated heterocycles. The summed E-state index contributed by atoms with van der Waals surface area (Å²) >= 11 is 0. The minimum absolute atomic E-state index is 0.0980. The van der Waals surface area contributed by atoms with Crippen LogP contribution in [0.5, 0.6) is 0 Å². The van der Waals surface area contributed by atoms with E-state index in [1.807, 2.05) is 6.92 Å². The quantitative estimate of drug-likeness (QED) is 0.449. The molecule has 32 heavy (non-hydrogen) atoms. The molecule has 1 saturated carbocycles. The molecule has 8 heteroatoms. The van der Waals surface area contributed by atoms with Crippen molar-refractivity contribution in [2.45, 2.75) is 82.6 Å². The minimum atomic E-state index is -4.36. The van der Waals surface area contributed by atoms with Gasteiger partial charge in [0, 0.05) is 18.3 Å². The lowest BCUT2D eigenvalue weighted by molar-refractivity contribution is -0.559. The zero-order valence-corrected chi connectivity index (χ0v) is 18.3. The number of aryl methyl sites for hydroxylation is 1. The summed E-state index contributed by atoms with van der Waals surface area (Å²) in [6.07, 6.45) is -0.242. The van der Waals surface area contributed by atoms with Crippen LogP contribution in [0.3, 0.4) is 0 Å². The summed E-state index contributed by atoms with van der Waals surface area (Å²) in [6.45, 7) is 4.02. The molecule has 1 aliphatic carbocycles. The van der Waals surface area contributed by atoms with Crippen molar-refractivity contribution in [2.24, 2.45) is 23.7 Å². The van der Waals surface area contributed by atoms with Crippen LogP contribution in [-0.2, 0) is 36.6 Å². The number of alkyl halides is 3. The third-order valence-corrected chi connectivity index (χ3v) is 8.02. The van der Waals surface area contributed by atoms with Crippen LogP contribution < -0.4 is 0 Å². The summed E-state index contributed by atoms with van der Waals surface area (Å²) in [5.74, 6) is -1.16. The van der Waals surface area contributed by atoms with Crippen molar-refractivity contribution >= 4 is 5.97 Å². The van der Waals surface area contributed by atoms with Crippen LogP contribution in [0.4, 0.5) is 13.2 Å². The van der Waals surface area contributed by atoms with Crippen LogP contribution in [0.1, 0.15) is 63.5 Å². The van der Waals surface area contributed by atoms with Crippen LogP contribution in [0, 0.1) is 23.7 Å². The summed E-state index contributed by atoms with van der Waals surface area (Å²) in [5.41, 5.74) is -0.854. The van der Waals surface area contributed by atoms with Gasteiger partial charge in [-0.25, -0.2) is 9.78 Å². The molecule has 0 amide bonds. The Kier molecular flexibility index (Phi) is 5.34. The van der Waals surface area contributed by atoms with E-state index in [-0.39, 0.29) is 23.7 Å². The maximum atomic E-state index is 13.0. The Bertz CT molecular complexity index is 889. The summed E-state index contributed by atoms with van der Waals surface area (Å²) in [4.78, 5) is 24.8. The molecule has 6 rings (SSSR count). The Hall–Kier alpha value is -1.64. The van der Waals surface area contributed by atoms with Gasteiger partial charge < -0.3 is 9.47 Å². The van der Waals surface area contributed by atoms with Gasteiger partial charge in [0.15, 0.2) is 5.60 Å². The third-order valence-electron chi connectivity index (χ3n) is 8.02. The monoisotopic (exact) mass is 454 g/mol. The molecule has 7 atom stereocenters. The second kappa shape index (κ2) is 7.71. The van der Waals surface area contributed by atoms with Crippen LogP contribution in [0.15, 0.2) is 24.3 Å². The van der Waals surface area contributed by atoms with Crippen molar-refractivity contribution in [3.63, 3.8) is 0 Å². The van der Waals surface area contributed by atoms with E-state index < -0.39 is 29.4 Å². The van der Waals surface area contributed by atoms with Gasteiger partial charge in [-0.15, -0.1) is 0 Å². The molecule has 0 aromatic heterocycles. The molecule has 5 fully saturated rings. The molecule has 5 nitrogen and oxygen atoms in total. The third kappa shape index (κ3) is 3.55. The van der Waals surface area contributed by atoms with Crippen molar-refractivity contribution in [2.75, 3.05) is 0 Å². The fraction of sp³-hybridized carbons (Fsp3) is 0.708. The van der Waals surface area contributed by atoms with Gasteiger partial charge in [0.25, 0.3) is 0 Å². The van der Waals surface area contributed by atoms with Gasteiger partial charge in [-0.2, -0.15) is 13.2 Å². The van der Waals surface area contributed by atoms with Crippen LogP contribution in [-0.4, -0.2) is 23.6 Å². The fourth-order valence-electron chi connectivity index (χ4n) is 6.37. The molecule has 0 N–H and O–H groups in total. The number of ether oxygens (including phenoxy) is 2. The second-order valence-electron chi connectivity index (χ2n) is 10.0. The highest BCUT2D eigenvalue weighted by molar-refractivity contribution is 5.74. The molecule has 0 radical (unpaired) electrons. The number of benzene rings is 1. The van der Waals surface area contributed by atoms with E-state index in [1.54, 1.807) is 6.07 Å². The Morgan fingerprint density at radius 2 is 1.94 bits per heavy atom. The highest BCUT2D eigenvalue weighted by Crippen LogP contribution is 2.60. The molecular formula is C24H29F3O5. The number of fused-ring (bicyclic) bond motifs is 2. The van der Waals surface area contributed by atoms with E-state index in [4.69, 9.17) is 19.2 Å². The van der Waals surface area contributed by atoms with E-state index in [0.717, 1.165) is 25.3 Å². The second-order valence-corrected chi connectivity index (χ2v) is 10.0. The number of carbonyl (C=O) groups is 1. The molecular weight excluding hydrogens is 425 g/mol. The zero-order chi connectivity index (χ0) is 22.7. The topological polar surface area (TPSA) is 54.0 Å². The average Bonchev–Trinajstić information content (AvgIpc) is 2.96. The smallest absolute Gasteiger partial charge is 0.416 e. The Balaban J connectivity index is 1.34. The molecule has 4 aliphatic heterocycles. The molecule has 1 aromatic carbocycles. The van der Waals surface area contributed by atoms with Crippen LogP contribution in [0.25, 0.3) is 0 Å². The number of esters is 1. The Labute approximate surface area is 185 Å². The summed E-state index contributed by atoms with van der Waals surface area (Å²) in [6, 6.07) is 5.38. The number of rotatable bonds is 4. The molecule has 5 aliphatic rings. The van der Waals surface area contributed by atoms with Crippen molar-refractivity contribution in [3.8, 4) is 0 Å². The van der Waals surface area contributed by atoms with E-state index >= 15 is 0 Å². The first-order valence-electron chi connectivity index (χ1n) is 11.5. The van der Waals surface area contributed by atoms with E-state index in [9.17, 15) is 18.0 Å². The van der Waals surface area contributed by atoms with Crippen LogP contribution in [0.2, 0.25) is 0 Å². The van der Waals surface area contributed by atoms with Gasteiger partial charge in [-0.3, -0.25) is 4.79 Å². The minimum Gasteiger partial charge on any atom is -0.432 e. The van der Waals surface area contributed by atoms with E-state index in [0.29, 0.717) is 37.2 Å². The lowest BCUT2D eigenvalue weighted by Gasteiger charge is -2.58. The van der Waals surface area contributed by atoms with Crippen molar-refractivity contribution < 1.29 is 37.2 Å². The number of carbonyl (C=O) groups excluding carboxylic acids is 1. The lowest BCUT2D eigenvalue weighted by Crippen LogP contribution is -2.70. The normalized spacial score (nSPS) is 41.0. The number of hydrogen-bond acceptors (Lipinski definition) is 5. The van der Waals surface area contributed by atoms with E-state index in [1.165, 1.54) is 12.1 Å².